The Morgan fingerprint density at radius 1 is 1.50 bits per heavy atom. The largest absolute Gasteiger partial charge is 0.364 e. The molecule has 0 aliphatic carbocycles. The van der Waals surface area contributed by atoms with Crippen LogP contribution in [0.1, 0.15) is 18.4 Å². The highest BCUT2D eigenvalue weighted by atomic mass is 35.5. The summed E-state index contributed by atoms with van der Waals surface area (Å²) in [5, 5.41) is 13.8. The topological polar surface area (TPSA) is 107 Å². The molecular weight excluding hydrogens is 333 g/mol. The zero-order chi connectivity index (χ0) is 15.4. The van der Waals surface area contributed by atoms with Crippen molar-refractivity contribution in [3.05, 3.63) is 38.9 Å². The Morgan fingerprint density at radius 3 is 2.82 bits per heavy atom. The SMILES string of the molecule is Cl.NC[C@H]1CC[C@@H](C(=O)NCc2cc([N+](=O)[O-])ccc2Cl)O1. The Bertz CT molecular complexity index is 556. The van der Waals surface area contributed by atoms with E-state index in [1.165, 1.54) is 18.2 Å². The second-order valence-electron chi connectivity index (χ2n) is 4.81. The molecular formula is C13H17Cl2N3O4. The highest BCUT2D eigenvalue weighted by molar-refractivity contribution is 6.31. The molecule has 2 rings (SSSR count). The van der Waals surface area contributed by atoms with Gasteiger partial charge in [-0.25, -0.2) is 0 Å². The molecule has 0 radical (unpaired) electrons. The number of amides is 1. The number of carbonyl (C=O) groups is 1. The zero-order valence-corrected chi connectivity index (χ0v) is 13.2. The summed E-state index contributed by atoms with van der Waals surface area (Å²) in [6.07, 6.45) is 0.779. The molecule has 0 saturated carbocycles. The monoisotopic (exact) mass is 349 g/mol. The molecule has 1 saturated heterocycles. The maximum atomic E-state index is 12.0. The zero-order valence-electron chi connectivity index (χ0n) is 11.7. The third kappa shape index (κ3) is 4.54. The van der Waals surface area contributed by atoms with Gasteiger partial charge >= 0.3 is 0 Å². The molecule has 1 aromatic carbocycles. The maximum Gasteiger partial charge on any atom is 0.269 e. The summed E-state index contributed by atoms with van der Waals surface area (Å²) in [7, 11) is 0. The fourth-order valence-corrected chi connectivity index (χ4v) is 2.36. The average Bonchev–Trinajstić information content (AvgIpc) is 2.94. The van der Waals surface area contributed by atoms with Crippen LogP contribution in [0.5, 0.6) is 0 Å². The molecule has 1 aliphatic heterocycles. The molecule has 1 aliphatic rings. The lowest BCUT2D eigenvalue weighted by Crippen LogP contribution is -2.35. The number of nitrogens with one attached hydrogen (secondary N) is 1. The van der Waals surface area contributed by atoms with Gasteiger partial charge in [-0.15, -0.1) is 12.4 Å². The second kappa shape index (κ2) is 8.28. The van der Waals surface area contributed by atoms with Gasteiger partial charge in [-0.05, 0) is 24.5 Å². The van der Waals surface area contributed by atoms with Crippen LogP contribution in [0.4, 0.5) is 5.69 Å². The summed E-state index contributed by atoms with van der Waals surface area (Å²) in [6.45, 7) is 0.507. The van der Waals surface area contributed by atoms with Gasteiger partial charge in [0, 0.05) is 30.2 Å². The number of hydrogen-bond acceptors (Lipinski definition) is 5. The Balaban J connectivity index is 0.00000242. The van der Waals surface area contributed by atoms with Gasteiger partial charge in [-0.3, -0.25) is 14.9 Å². The van der Waals surface area contributed by atoms with Crippen LogP contribution in [-0.2, 0) is 16.1 Å². The molecule has 3 N–H and O–H groups in total. The van der Waals surface area contributed by atoms with Crippen LogP contribution in [0.15, 0.2) is 18.2 Å². The lowest BCUT2D eigenvalue weighted by molar-refractivity contribution is -0.384. The molecule has 1 amide bonds. The van der Waals surface area contributed by atoms with E-state index in [0.29, 0.717) is 23.6 Å². The number of benzene rings is 1. The first-order valence-electron chi connectivity index (χ1n) is 6.57. The number of non-ortho nitro benzene ring substituents is 1. The lowest BCUT2D eigenvalue weighted by Gasteiger charge is -2.13. The van der Waals surface area contributed by atoms with Gasteiger partial charge in [0.2, 0.25) is 5.91 Å². The Labute approximate surface area is 138 Å². The first kappa shape index (κ1) is 18.6. The van der Waals surface area contributed by atoms with Crippen molar-refractivity contribution in [1.82, 2.24) is 5.32 Å². The minimum Gasteiger partial charge on any atom is -0.364 e. The van der Waals surface area contributed by atoms with Gasteiger partial charge in [-0.2, -0.15) is 0 Å². The van der Waals surface area contributed by atoms with Crippen molar-refractivity contribution in [1.29, 1.82) is 0 Å². The molecule has 22 heavy (non-hydrogen) atoms. The highest BCUT2D eigenvalue weighted by Gasteiger charge is 2.29. The lowest BCUT2D eigenvalue weighted by atomic mass is 10.1. The number of nitrogens with zero attached hydrogens (tertiary/aromatic N) is 1. The molecule has 1 aromatic rings. The minimum atomic E-state index is -0.518. The number of carbonyl (C=O) groups excluding carboxylic acids is 1. The minimum absolute atomic E-state index is 0. The smallest absolute Gasteiger partial charge is 0.269 e. The maximum absolute atomic E-state index is 12.0. The Hall–Kier alpha value is -1.41. The van der Waals surface area contributed by atoms with E-state index in [9.17, 15) is 14.9 Å². The molecule has 0 aromatic heterocycles. The summed E-state index contributed by atoms with van der Waals surface area (Å²) >= 11 is 5.97. The van der Waals surface area contributed by atoms with Crippen LogP contribution in [-0.4, -0.2) is 29.6 Å². The Morgan fingerprint density at radius 2 is 2.23 bits per heavy atom. The van der Waals surface area contributed by atoms with E-state index >= 15 is 0 Å². The summed E-state index contributed by atoms with van der Waals surface area (Å²) < 4.78 is 5.47. The predicted octanol–water partition coefficient (Wildman–Crippen LogP) is 1.79. The van der Waals surface area contributed by atoms with Crippen LogP contribution in [0.3, 0.4) is 0 Å². The van der Waals surface area contributed by atoms with Crippen LogP contribution < -0.4 is 11.1 Å². The molecule has 2 atom stereocenters. The number of ether oxygens (including phenoxy) is 1. The fraction of sp³-hybridized carbons (Fsp3) is 0.462. The summed E-state index contributed by atoms with van der Waals surface area (Å²) in [5.41, 5.74) is 5.92. The molecule has 0 bridgehead atoms. The molecule has 0 spiro atoms. The van der Waals surface area contributed by atoms with E-state index in [1.54, 1.807) is 0 Å². The van der Waals surface area contributed by atoms with Gasteiger partial charge in [0.25, 0.3) is 5.69 Å². The van der Waals surface area contributed by atoms with E-state index in [0.717, 1.165) is 6.42 Å². The van der Waals surface area contributed by atoms with E-state index in [4.69, 9.17) is 22.1 Å². The van der Waals surface area contributed by atoms with Gasteiger partial charge in [-0.1, -0.05) is 11.6 Å². The van der Waals surface area contributed by atoms with E-state index < -0.39 is 11.0 Å². The second-order valence-corrected chi connectivity index (χ2v) is 5.22. The quantitative estimate of drug-likeness (QED) is 0.622. The standard InChI is InChI=1S/C13H16ClN3O4.ClH/c14-11-3-1-9(17(19)20)5-8(11)7-16-13(18)12-4-2-10(6-15)21-12;/h1,3,5,10,12H,2,4,6-7,15H2,(H,16,18);1H/t10-,12+;/m1./s1. The van der Waals surface area contributed by atoms with Crippen molar-refractivity contribution in [2.45, 2.75) is 31.6 Å². The van der Waals surface area contributed by atoms with Crippen LogP contribution in [0.25, 0.3) is 0 Å². The first-order chi connectivity index (χ1) is 10.0. The van der Waals surface area contributed by atoms with E-state index in [-0.39, 0.29) is 36.7 Å². The van der Waals surface area contributed by atoms with Crippen molar-refractivity contribution in [2.75, 3.05) is 6.54 Å². The van der Waals surface area contributed by atoms with Crippen molar-refractivity contribution in [3.8, 4) is 0 Å². The van der Waals surface area contributed by atoms with Crippen LogP contribution in [0, 0.1) is 10.1 Å². The summed E-state index contributed by atoms with van der Waals surface area (Å²) in [5.74, 6) is -0.256. The van der Waals surface area contributed by atoms with Crippen molar-refractivity contribution in [2.24, 2.45) is 5.73 Å². The molecule has 122 valence electrons. The van der Waals surface area contributed by atoms with Crippen LogP contribution >= 0.6 is 24.0 Å². The highest BCUT2D eigenvalue weighted by Crippen LogP contribution is 2.23. The van der Waals surface area contributed by atoms with Gasteiger partial charge in [0.05, 0.1) is 11.0 Å². The number of nitrogens with two attached hydrogens (primary N) is 1. The van der Waals surface area contributed by atoms with Crippen molar-refractivity contribution < 1.29 is 14.5 Å². The average molecular weight is 350 g/mol. The van der Waals surface area contributed by atoms with Crippen molar-refractivity contribution >= 4 is 35.6 Å². The third-order valence-corrected chi connectivity index (χ3v) is 3.72. The number of hydrogen-bond donors (Lipinski definition) is 2. The van der Waals surface area contributed by atoms with Gasteiger partial charge in [0.15, 0.2) is 0 Å². The van der Waals surface area contributed by atoms with Gasteiger partial charge in [0.1, 0.15) is 6.10 Å². The van der Waals surface area contributed by atoms with Crippen molar-refractivity contribution in [3.63, 3.8) is 0 Å². The number of halogens is 2. The molecule has 9 heteroatoms. The molecule has 1 heterocycles. The van der Waals surface area contributed by atoms with E-state index in [1.807, 2.05) is 0 Å². The summed E-state index contributed by atoms with van der Waals surface area (Å²) in [4.78, 5) is 22.2. The van der Waals surface area contributed by atoms with Crippen LogP contribution in [0.2, 0.25) is 5.02 Å². The number of rotatable bonds is 5. The number of nitro benzene ring substituents is 1. The van der Waals surface area contributed by atoms with Gasteiger partial charge < -0.3 is 15.8 Å². The Kier molecular flexibility index (Phi) is 7.02. The summed E-state index contributed by atoms with van der Waals surface area (Å²) in [6, 6.07) is 4.11. The first-order valence-corrected chi connectivity index (χ1v) is 6.95. The van der Waals surface area contributed by atoms with E-state index in [2.05, 4.69) is 5.32 Å². The number of nitro groups is 1. The third-order valence-electron chi connectivity index (χ3n) is 3.36. The normalized spacial score (nSPS) is 20.3. The molecule has 1 fully saturated rings. The fourth-order valence-electron chi connectivity index (χ4n) is 2.18. The molecule has 0 unspecified atom stereocenters. The predicted molar refractivity (Wildman–Crippen MR) is 84.2 cm³/mol. The molecule has 7 nitrogen and oxygen atoms in total.